The average Bonchev–Trinajstić information content (AvgIpc) is 3.14. The number of nitrogens with zero attached hydrogens (tertiary/aromatic N) is 2. The van der Waals surface area contributed by atoms with Gasteiger partial charge in [0.25, 0.3) is 0 Å². The minimum Gasteiger partial charge on any atom is -0.459 e. The topological polar surface area (TPSA) is 96.7 Å². The number of anilines is 1. The van der Waals surface area contributed by atoms with Crippen molar-refractivity contribution in [3.8, 4) is 6.07 Å². The maximum Gasteiger partial charge on any atom is 0.417 e. The van der Waals surface area contributed by atoms with Crippen molar-refractivity contribution in [2.45, 2.75) is 50.7 Å². The number of esters is 1. The number of benzene rings is 1. The first-order valence-corrected chi connectivity index (χ1v) is 9.20. The summed E-state index contributed by atoms with van der Waals surface area (Å²) in [4.78, 5) is 38.6. The minimum atomic E-state index is -4.83. The molecule has 158 valence electrons. The molecule has 5 atom stereocenters. The van der Waals surface area contributed by atoms with Crippen LogP contribution in [-0.2, 0) is 30.0 Å². The molecular formula is C20H17F3N2O5. The van der Waals surface area contributed by atoms with Crippen LogP contribution in [0.25, 0.3) is 0 Å². The normalized spacial score (nSPS) is 34.8. The molecule has 30 heavy (non-hydrogen) atoms. The summed E-state index contributed by atoms with van der Waals surface area (Å²) in [5.41, 5.74) is -4.47. The Balaban J connectivity index is 1.77. The van der Waals surface area contributed by atoms with Crippen LogP contribution in [0.5, 0.6) is 0 Å². The summed E-state index contributed by atoms with van der Waals surface area (Å²) in [6.07, 6.45) is -5.40. The molecule has 4 rings (SSSR count). The van der Waals surface area contributed by atoms with Crippen molar-refractivity contribution in [3.63, 3.8) is 0 Å². The van der Waals surface area contributed by atoms with E-state index in [1.807, 2.05) is 0 Å². The third kappa shape index (κ3) is 2.58. The first kappa shape index (κ1) is 20.3. The van der Waals surface area contributed by atoms with E-state index in [-0.39, 0.29) is 12.1 Å². The summed E-state index contributed by atoms with van der Waals surface area (Å²) < 4.78 is 51.4. The van der Waals surface area contributed by atoms with Crippen molar-refractivity contribution < 1.29 is 37.0 Å². The first-order chi connectivity index (χ1) is 13.8. The van der Waals surface area contributed by atoms with Crippen LogP contribution in [0.2, 0.25) is 0 Å². The van der Waals surface area contributed by atoms with Crippen molar-refractivity contribution in [2.75, 3.05) is 4.90 Å². The van der Waals surface area contributed by atoms with E-state index >= 15 is 0 Å². The summed E-state index contributed by atoms with van der Waals surface area (Å²) in [7, 11) is 0. The number of carbonyl (C=O) groups is 3. The smallest absolute Gasteiger partial charge is 0.417 e. The van der Waals surface area contributed by atoms with Gasteiger partial charge in [0, 0.05) is 13.3 Å². The van der Waals surface area contributed by atoms with Gasteiger partial charge < -0.3 is 9.47 Å². The predicted octanol–water partition coefficient (Wildman–Crippen LogP) is 2.57. The molecule has 2 bridgehead atoms. The number of hydrogen-bond donors (Lipinski definition) is 0. The van der Waals surface area contributed by atoms with Gasteiger partial charge in [-0.05, 0) is 32.0 Å². The Hall–Kier alpha value is -2.93. The van der Waals surface area contributed by atoms with Crippen LogP contribution in [0.3, 0.4) is 0 Å². The molecule has 0 saturated carbocycles. The van der Waals surface area contributed by atoms with E-state index in [9.17, 15) is 27.6 Å². The summed E-state index contributed by atoms with van der Waals surface area (Å²) in [6, 6.07) is 4.17. The highest BCUT2D eigenvalue weighted by Gasteiger charge is 2.76. The molecule has 3 fully saturated rings. The highest BCUT2D eigenvalue weighted by molar-refractivity contribution is 6.23. The molecule has 0 spiro atoms. The summed E-state index contributed by atoms with van der Waals surface area (Å²) in [5, 5.41) is 8.96. The quantitative estimate of drug-likeness (QED) is 0.537. The number of ether oxygens (including phenoxy) is 2. The minimum absolute atomic E-state index is 0.193. The Bertz CT molecular complexity index is 1030. The van der Waals surface area contributed by atoms with E-state index in [0.29, 0.717) is 6.07 Å². The lowest BCUT2D eigenvalue weighted by atomic mass is 9.67. The van der Waals surface area contributed by atoms with Crippen molar-refractivity contribution in [2.24, 2.45) is 11.8 Å². The third-order valence-corrected chi connectivity index (χ3v) is 6.26. The highest BCUT2D eigenvalue weighted by Crippen LogP contribution is 2.61. The first-order valence-electron chi connectivity index (χ1n) is 9.20. The van der Waals surface area contributed by atoms with Gasteiger partial charge in [-0.2, -0.15) is 18.4 Å². The number of rotatable bonds is 2. The highest BCUT2D eigenvalue weighted by atomic mass is 19.4. The van der Waals surface area contributed by atoms with Crippen molar-refractivity contribution in [3.05, 3.63) is 29.3 Å². The van der Waals surface area contributed by atoms with E-state index in [1.54, 1.807) is 13.8 Å². The van der Waals surface area contributed by atoms with Gasteiger partial charge in [0.1, 0.15) is 11.7 Å². The number of halogens is 3. The van der Waals surface area contributed by atoms with E-state index in [2.05, 4.69) is 0 Å². The molecule has 0 radical (unpaired) electrons. The number of fused-ring (bicyclic) bond motifs is 5. The van der Waals surface area contributed by atoms with Crippen LogP contribution >= 0.6 is 0 Å². The van der Waals surface area contributed by atoms with E-state index in [4.69, 9.17) is 14.7 Å². The Morgan fingerprint density at radius 2 is 1.90 bits per heavy atom. The fraction of sp³-hybridized carbons (Fsp3) is 0.500. The molecule has 0 N–H and O–H groups in total. The second-order valence-electron chi connectivity index (χ2n) is 8.21. The lowest BCUT2D eigenvalue weighted by Gasteiger charge is -2.34. The van der Waals surface area contributed by atoms with Crippen LogP contribution in [0.15, 0.2) is 18.2 Å². The lowest BCUT2D eigenvalue weighted by molar-refractivity contribution is -0.159. The molecule has 0 aromatic heterocycles. The third-order valence-electron chi connectivity index (χ3n) is 6.26. The Kier molecular flexibility index (Phi) is 4.10. The van der Waals surface area contributed by atoms with Gasteiger partial charge in [0.2, 0.25) is 11.8 Å². The maximum atomic E-state index is 13.3. The number of hydrogen-bond acceptors (Lipinski definition) is 6. The molecular weight excluding hydrogens is 405 g/mol. The van der Waals surface area contributed by atoms with Crippen LogP contribution in [0.1, 0.15) is 38.3 Å². The molecule has 10 heteroatoms. The fourth-order valence-electron chi connectivity index (χ4n) is 5.11. The van der Waals surface area contributed by atoms with Crippen molar-refractivity contribution >= 4 is 23.5 Å². The monoisotopic (exact) mass is 422 g/mol. The van der Waals surface area contributed by atoms with Gasteiger partial charge in [-0.25, -0.2) is 4.90 Å². The van der Waals surface area contributed by atoms with Gasteiger partial charge in [-0.1, -0.05) is 0 Å². The second kappa shape index (κ2) is 6.04. The number of imide groups is 1. The second-order valence-corrected chi connectivity index (χ2v) is 8.21. The Morgan fingerprint density at radius 1 is 1.27 bits per heavy atom. The molecule has 2 unspecified atom stereocenters. The molecule has 3 aliphatic rings. The molecule has 1 aromatic rings. The van der Waals surface area contributed by atoms with Crippen molar-refractivity contribution in [1.29, 1.82) is 5.26 Å². The number of alkyl halides is 3. The average molecular weight is 422 g/mol. The van der Waals surface area contributed by atoms with Crippen LogP contribution < -0.4 is 4.90 Å². The molecule has 7 nitrogen and oxygen atoms in total. The van der Waals surface area contributed by atoms with Gasteiger partial charge in [-0.15, -0.1) is 0 Å². The fourth-order valence-corrected chi connectivity index (χ4v) is 5.11. The van der Waals surface area contributed by atoms with E-state index in [1.165, 1.54) is 13.0 Å². The van der Waals surface area contributed by atoms with Crippen LogP contribution in [0, 0.1) is 23.2 Å². The van der Waals surface area contributed by atoms with E-state index in [0.717, 1.165) is 17.0 Å². The molecule has 3 heterocycles. The number of amides is 2. The number of nitriles is 1. The van der Waals surface area contributed by atoms with Gasteiger partial charge >= 0.3 is 12.1 Å². The largest absolute Gasteiger partial charge is 0.459 e. The van der Waals surface area contributed by atoms with Crippen LogP contribution in [0.4, 0.5) is 18.9 Å². The van der Waals surface area contributed by atoms with Gasteiger partial charge in [0.15, 0.2) is 0 Å². The zero-order chi connectivity index (χ0) is 22.2. The number of carbonyl (C=O) groups excluding carboxylic acids is 3. The molecule has 2 amide bonds. The Labute approximate surface area is 169 Å². The zero-order valence-electron chi connectivity index (χ0n) is 16.2. The molecule has 3 aliphatic heterocycles. The molecule has 1 aromatic carbocycles. The van der Waals surface area contributed by atoms with Crippen LogP contribution in [-0.4, -0.2) is 35.1 Å². The van der Waals surface area contributed by atoms with Gasteiger partial charge in [-0.3, -0.25) is 14.4 Å². The SMILES string of the molecule is CC(=O)OC1C[C@]2(C)OC1(C)[C@H]1C(=O)N(c3ccc(C#N)c(C(F)(F)F)c3)C(=O)[C@H]12. The molecule has 0 aliphatic carbocycles. The Morgan fingerprint density at radius 3 is 2.47 bits per heavy atom. The van der Waals surface area contributed by atoms with E-state index < -0.39 is 64.2 Å². The predicted molar refractivity (Wildman–Crippen MR) is 93.7 cm³/mol. The maximum absolute atomic E-state index is 13.3. The lowest BCUT2D eigenvalue weighted by Crippen LogP contribution is -2.50. The summed E-state index contributed by atoms with van der Waals surface area (Å²) in [5.74, 6) is -3.86. The summed E-state index contributed by atoms with van der Waals surface area (Å²) >= 11 is 0. The zero-order valence-corrected chi connectivity index (χ0v) is 16.2. The van der Waals surface area contributed by atoms with Gasteiger partial charge in [0.05, 0.1) is 40.3 Å². The van der Waals surface area contributed by atoms with Crippen molar-refractivity contribution in [1.82, 2.24) is 0 Å². The molecule has 3 saturated heterocycles. The standard InChI is InChI=1S/C20H17F3N2O5/c1-9(26)29-13-7-18(2)14-15(19(13,3)30-18)17(28)25(16(14)27)11-5-4-10(8-24)12(6-11)20(21,22)23/h4-6,13-15H,7H2,1-3H3/t13?,14-,15+,18-,19?/m0/s1. The summed E-state index contributed by atoms with van der Waals surface area (Å²) in [6.45, 7) is 4.43.